The van der Waals surface area contributed by atoms with Crippen LogP contribution < -0.4 is 5.73 Å². The molecule has 70 valence electrons. The summed E-state index contributed by atoms with van der Waals surface area (Å²) in [6, 6.07) is 8.11. The van der Waals surface area contributed by atoms with Gasteiger partial charge < -0.3 is 5.73 Å². The molecule has 0 aromatic heterocycles. The Kier molecular flexibility index (Phi) is 2.23. The molecule has 0 aliphatic carbocycles. The van der Waals surface area contributed by atoms with E-state index in [9.17, 15) is 0 Å². The Bertz CT molecular complexity index is 290. The zero-order valence-corrected chi connectivity index (χ0v) is 8.03. The molecule has 0 spiro atoms. The van der Waals surface area contributed by atoms with Gasteiger partial charge in [0.15, 0.2) is 0 Å². The van der Waals surface area contributed by atoms with E-state index >= 15 is 0 Å². The van der Waals surface area contributed by atoms with E-state index in [-0.39, 0.29) is 0 Å². The van der Waals surface area contributed by atoms with Crippen LogP contribution in [0.3, 0.4) is 0 Å². The van der Waals surface area contributed by atoms with Crippen molar-refractivity contribution in [1.82, 2.24) is 4.90 Å². The van der Waals surface area contributed by atoms with Gasteiger partial charge in [0.1, 0.15) is 0 Å². The van der Waals surface area contributed by atoms with Gasteiger partial charge in [-0.2, -0.15) is 0 Å². The molecule has 0 amide bonds. The fourth-order valence-corrected chi connectivity index (χ4v) is 1.88. The monoisotopic (exact) mass is 176 g/mol. The molecule has 0 saturated carbocycles. The van der Waals surface area contributed by atoms with Crippen molar-refractivity contribution in [1.29, 1.82) is 0 Å². The van der Waals surface area contributed by atoms with E-state index in [2.05, 4.69) is 24.0 Å². The summed E-state index contributed by atoms with van der Waals surface area (Å²) in [6.07, 6.45) is 0. The Morgan fingerprint density at radius 1 is 1.38 bits per heavy atom. The number of nitrogens with zero attached hydrogens (tertiary/aromatic N) is 1. The van der Waals surface area contributed by atoms with Gasteiger partial charge in [-0.05, 0) is 17.5 Å². The summed E-state index contributed by atoms with van der Waals surface area (Å²) in [6.45, 7) is 5.73. The molecule has 0 bridgehead atoms. The molecule has 2 nitrogen and oxygen atoms in total. The number of nitrogens with two attached hydrogens (primary N) is 1. The van der Waals surface area contributed by atoms with E-state index in [1.165, 1.54) is 18.7 Å². The van der Waals surface area contributed by atoms with Gasteiger partial charge >= 0.3 is 0 Å². The summed E-state index contributed by atoms with van der Waals surface area (Å²) in [5, 5.41) is 0. The van der Waals surface area contributed by atoms with Gasteiger partial charge in [0.25, 0.3) is 0 Å². The second-order valence-electron chi connectivity index (χ2n) is 4.00. The molecule has 2 heteroatoms. The first kappa shape index (κ1) is 8.57. The highest BCUT2D eigenvalue weighted by Gasteiger charge is 2.22. The van der Waals surface area contributed by atoms with Gasteiger partial charge in [0.05, 0.1) is 0 Å². The molecular formula is C11H16N2. The van der Waals surface area contributed by atoms with Gasteiger partial charge in [0.2, 0.25) is 0 Å². The molecule has 0 radical (unpaired) electrons. The van der Waals surface area contributed by atoms with Crippen LogP contribution in [0.5, 0.6) is 0 Å². The van der Waals surface area contributed by atoms with Crippen molar-refractivity contribution in [3.8, 4) is 0 Å². The molecule has 1 saturated heterocycles. The number of benzene rings is 1. The Balaban J connectivity index is 1.98. The van der Waals surface area contributed by atoms with Crippen molar-refractivity contribution in [2.24, 2.45) is 5.92 Å². The molecule has 1 heterocycles. The lowest BCUT2D eigenvalue weighted by atomic mass is 10.0. The molecule has 1 aromatic carbocycles. The lowest BCUT2D eigenvalue weighted by molar-refractivity contribution is 0.105. The minimum absolute atomic E-state index is 0.866. The van der Waals surface area contributed by atoms with E-state index in [1.807, 2.05) is 12.1 Å². The number of hydrogen-bond donors (Lipinski definition) is 1. The van der Waals surface area contributed by atoms with Crippen LogP contribution in [0.25, 0.3) is 0 Å². The average molecular weight is 176 g/mol. The van der Waals surface area contributed by atoms with E-state index in [4.69, 9.17) is 5.73 Å². The number of rotatable bonds is 2. The molecule has 0 atom stereocenters. The zero-order chi connectivity index (χ0) is 9.26. The molecule has 1 aromatic rings. The quantitative estimate of drug-likeness (QED) is 0.695. The Labute approximate surface area is 79.4 Å². The molecular weight excluding hydrogens is 160 g/mol. The van der Waals surface area contributed by atoms with Crippen LogP contribution in [0.4, 0.5) is 5.69 Å². The first-order valence-electron chi connectivity index (χ1n) is 4.81. The van der Waals surface area contributed by atoms with E-state index in [0.29, 0.717) is 0 Å². The third-order valence-electron chi connectivity index (χ3n) is 2.59. The first-order valence-corrected chi connectivity index (χ1v) is 4.81. The standard InChI is InChI=1S/C11H16N2/c1-9-6-13(7-9)8-10-4-2-3-5-11(10)12/h2-5,9H,6-8,12H2,1H3. The first-order chi connectivity index (χ1) is 6.25. The van der Waals surface area contributed by atoms with Gasteiger partial charge in [0, 0.05) is 25.3 Å². The Hall–Kier alpha value is -1.02. The number of likely N-dealkylation sites (tertiary alicyclic amines) is 1. The van der Waals surface area contributed by atoms with Gasteiger partial charge in [-0.25, -0.2) is 0 Å². The Morgan fingerprint density at radius 2 is 2.08 bits per heavy atom. The fraction of sp³-hybridized carbons (Fsp3) is 0.455. The minimum Gasteiger partial charge on any atom is -0.398 e. The van der Waals surface area contributed by atoms with Crippen molar-refractivity contribution >= 4 is 5.69 Å². The average Bonchev–Trinajstić information content (AvgIpc) is 2.06. The number of nitrogen functional groups attached to an aromatic ring is 1. The van der Waals surface area contributed by atoms with Crippen LogP contribution >= 0.6 is 0 Å². The maximum Gasteiger partial charge on any atom is 0.0359 e. The number of para-hydroxylation sites is 1. The predicted molar refractivity (Wildman–Crippen MR) is 55.3 cm³/mol. The fourth-order valence-electron chi connectivity index (χ4n) is 1.88. The molecule has 1 aliphatic heterocycles. The molecule has 2 N–H and O–H groups in total. The zero-order valence-electron chi connectivity index (χ0n) is 8.03. The summed E-state index contributed by atoms with van der Waals surface area (Å²) in [4.78, 5) is 2.43. The van der Waals surface area contributed by atoms with Crippen LogP contribution in [0, 0.1) is 5.92 Å². The number of anilines is 1. The summed E-state index contributed by atoms with van der Waals surface area (Å²) >= 11 is 0. The van der Waals surface area contributed by atoms with Crippen LogP contribution in [-0.4, -0.2) is 18.0 Å². The third-order valence-corrected chi connectivity index (χ3v) is 2.59. The van der Waals surface area contributed by atoms with Crippen molar-refractivity contribution < 1.29 is 0 Å². The van der Waals surface area contributed by atoms with Crippen molar-refractivity contribution in [2.75, 3.05) is 18.8 Å². The summed E-state index contributed by atoms with van der Waals surface area (Å²) < 4.78 is 0. The molecule has 13 heavy (non-hydrogen) atoms. The maximum atomic E-state index is 5.86. The third kappa shape index (κ3) is 1.83. The molecule has 1 fully saturated rings. The predicted octanol–water partition coefficient (Wildman–Crippen LogP) is 1.72. The van der Waals surface area contributed by atoms with E-state index in [1.54, 1.807) is 0 Å². The topological polar surface area (TPSA) is 29.3 Å². The SMILES string of the molecule is CC1CN(Cc2ccccc2N)C1. The van der Waals surface area contributed by atoms with Crippen LogP contribution in [0.1, 0.15) is 12.5 Å². The molecule has 1 aliphatic rings. The van der Waals surface area contributed by atoms with Crippen molar-refractivity contribution in [3.05, 3.63) is 29.8 Å². The van der Waals surface area contributed by atoms with E-state index in [0.717, 1.165) is 18.2 Å². The Morgan fingerprint density at radius 3 is 2.69 bits per heavy atom. The smallest absolute Gasteiger partial charge is 0.0359 e. The van der Waals surface area contributed by atoms with Gasteiger partial charge in [-0.3, -0.25) is 4.90 Å². The lowest BCUT2D eigenvalue weighted by Crippen LogP contribution is -2.44. The summed E-state index contributed by atoms with van der Waals surface area (Å²) in [7, 11) is 0. The largest absolute Gasteiger partial charge is 0.398 e. The van der Waals surface area contributed by atoms with Crippen LogP contribution in [0.2, 0.25) is 0 Å². The van der Waals surface area contributed by atoms with E-state index < -0.39 is 0 Å². The van der Waals surface area contributed by atoms with Gasteiger partial charge in [-0.15, -0.1) is 0 Å². The minimum atomic E-state index is 0.866. The second-order valence-corrected chi connectivity index (χ2v) is 4.00. The highest BCUT2D eigenvalue weighted by atomic mass is 15.2. The summed E-state index contributed by atoms with van der Waals surface area (Å²) in [5.41, 5.74) is 8.03. The van der Waals surface area contributed by atoms with Crippen molar-refractivity contribution in [2.45, 2.75) is 13.5 Å². The summed E-state index contributed by atoms with van der Waals surface area (Å²) in [5.74, 6) is 0.866. The van der Waals surface area contributed by atoms with Crippen LogP contribution in [0.15, 0.2) is 24.3 Å². The molecule has 0 unspecified atom stereocenters. The van der Waals surface area contributed by atoms with Crippen LogP contribution in [-0.2, 0) is 6.54 Å². The molecule has 2 rings (SSSR count). The second kappa shape index (κ2) is 3.38. The van der Waals surface area contributed by atoms with Crippen molar-refractivity contribution in [3.63, 3.8) is 0 Å². The highest BCUT2D eigenvalue weighted by Crippen LogP contribution is 2.20. The lowest BCUT2D eigenvalue weighted by Gasteiger charge is -2.37. The highest BCUT2D eigenvalue weighted by molar-refractivity contribution is 5.46. The maximum absolute atomic E-state index is 5.86. The number of hydrogen-bond acceptors (Lipinski definition) is 2. The normalized spacial score (nSPS) is 18.5. The van der Waals surface area contributed by atoms with Gasteiger partial charge in [-0.1, -0.05) is 25.1 Å².